The Balaban J connectivity index is 1.69. The standard InChI is InChI=1S/C26H19BrN3/c27-20-12-10-19(11-13-20)25-26-24-22(21-8-4-5-9-23(21)28-24)14-15-29(26)17-30(25)16-18-6-2-1-3-7-18/h1-15,17,28H,16H2/q+1. The summed E-state index contributed by atoms with van der Waals surface area (Å²) in [7, 11) is 0. The van der Waals surface area contributed by atoms with Crippen LogP contribution in [0.15, 0.2) is 102 Å². The third-order valence-electron chi connectivity index (χ3n) is 5.73. The number of rotatable bonds is 3. The highest BCUT2D eigenvalue weighted by Crippen LogP contribution is 2.33. The topological polar surface area (TPSA) is 24.1 Å². The molecule has 3 aromatic heterocycles. The van der Waals surface area contributed by atoms with Crippen LogP contribution >= 0.6 is 15.9 Å². The Morgan fingerprint density at radius 3 is 2.40 bits per heavy atom. The van der Waals surface area contributed by atoms with Gasteiger partial charge in [-0.1, -0.05) is 64.5 Å². The Bertz CT molecular complexity index is 1510. The Hall–Kier alpha value is -3.37. The number of nitrogens with zero attached hydrogens (tertiary/aromatic N) is 2. The number of pyridine rings is 1. The molecule has 1 N–H and O–H groups in total. The molecule has 0 fully saturated rings. The first kappa shape index (κ1) is 17.5. The molecule has 0 atom stereocenters. The molecule has 0 saturated heterocycles. The number of H-pyrrole nitrogens is 1. The van der Waals surface area contributed by atoms with Gasteiger partial charge in [0.05, 0.1) is 11.7 Å². The second kappa shape index (κ2) is 6.85. The number of para-hydroxylation sites is 1. The van der Waals surface area contributed by atoms with E-state index in [1.165, 1.54) is 38.6 Å². The summed E-state index contributed by atoms with van der Waals surface area (Å²) in [6.07, 6.45) is 4.37. The van der Waals surface area contributed by atoms with E-state index in [-0.39, 0.29) is 0 Å². The zero-order valence-electron chi connectivity index (χ0n) is 16.2. The van der Waals surface area contributed by atoms with E-state index in [9.17, 15) is 0 Å². The highest BCUT2D eigenvalue weighted by Gasteiger charge is 2.23. The quantitative estimate of drug-likeness (QED) is 0.303. The lowest BCUT2D eigenvalue weighted by Gasteiger charge is -2.04. The summed E-state index contributed by atoms with van der Waals surface area (Å²) in [5, 5.41) is 2.51. The zero-order chi connectivity index (χ0) is 20.1. The van der Waals surface area contributed by atoms with Crippen LogP contribution in [-0.2, 0) is 6.54 Å². The fourth-order valence-electron chi connectivity index (χ4n) is 4.37. The van der Waals surface area contributed by atoms with Gasteiger partial charge in [0.1, 0.15) is 6.54 Å². The summed E-state index contributed by atoms with van der Waals surface area (Å²) < 4.78 is 5.66. The lowest BCUT2D eigenvalue weighted by atomic mass is 10.1. The smallest absolute Gasteiger partial charge is 0.249 e. The molecule has 3 heterocycles. The summed E-state index contributed by atoms with van der Waals surface area (Å²) in [6.45, 7) is 0.815. The Morgan fingerprint density at radius 2 is 1.57 bits per heavy atom. The maximum Gasteiger partial charge on any atom is 0.249 e. The molecular weight excluding hydrogens is 434 g/mol. The Labute approximate surface area is 182 Å². The molecule has 0 spiro atoms. The van der Waals surface area contributed by atoms with E-state index in [1.54, 1.807) is 0 Å². The van der Waals surface area contributed by atoms with Crippen molar-refractivity contribution in [2.45, 2.75) is 6.54 Å². The van der Waals surface area contributed by atoms with Gasteiger partial charge in [-0.15, -0.1) is 0 Å². The molecule has 0 bridgehead atoms. The normalized spacial score (nSPS) is 11.6. The summed E-state index contributed by atoms with van der Waals surface area (Å²) in [5.41, 5.74) is 7.22. The van der Waals surface area contributed by atoms with Crippen LogP contribution in [0.5, 0.6) is 0 Å². The summed E-state index contributed by atoms with van der Waals surface area (Å²) in [5.74, 6) is 0. The van der Waals surface area contributed by atoms with Crippen LogP contribution in [0.2, 0.25) is 0 Å². The number of aromatic nitrogens is 3. The third kappa shape index (κ3) is 2.76. The molecular formula is C26H19BrN3+. The third-order valence-corrected chi connectivity index (χ3v) is 6.26. The first-order valence-corrected chi connectivity index (χ1v) is 10.8. The number of halogens is 1. The summed E-state index contributed by atoms with van der Waals surface area (Å²) in [6, 6.07) is 29.9. The van der Waals surface area contributed by atoms with Crippen molar-refractivity contribution in [3.8, 4) is 11.3 Å². The second-order valence-electron chi connectivity index (χ2n) is 7.62. The van der Waals surface area contributed by atoms with E-state index in [0.29, 0.717) is 0 Å². The highest BCUT2D eigenvalue weighted by atomic mass is 79.9. The molecule has 0 saturated carbocycles. The van der Waals surface area contributed by atoms with Crippen LogP contribution in [0.3, 0.4) is 0 Å². The van der Waals surface area contributed by atoms with Crippen molar-refractivity contribution in [1.82, 2.24) is 9.38 Å². The maximum absolute atomic E-state index is 3.68. The van der Waals surface area contributed by atoms with Crippen molar-refractivity contribution < 1.29 is 4.57 Å². The van der Waals surface area contributed by atoms with Gasteiger partial charge in [0.2, 0.25) is 11.8 Å². The van der Waals surface area contributed by atoms with Crippen LogP contribution < -0.4 is 4.57 Å². The molecule has 6 rings (SSSR count). The number of fused-ring (bicyclic) bond motifs is 5. The molecule has 0 amide bonds. The minimum Gasteiger partial charge on any atom is -0.351 e. The minimum absolute atomic E-state index is 0.815. The molecule has 4 heteroatoms. The minimum atomic E-state index is 0.815. The molecule has 0 unspecified atom stereocenters. The van der Waals surface area contributed by atoms with Gasteiger partial charge in [-0.2, -0.15) is 4.40 Å². The lowest BCUT2D eigenvalue weighted by molar-refractivity contribution is -0.676. The Kier molecular flexibility index (Phi) is 3.99. The van der Waals surface area contributed by atoms with Crippen LogP contribution in [0, 0.1) is 0 Å². The molecule has 6 aromatic rings. The lowest BCUT2D eigenvalue weighted by Crippen LogP contribution is -2.34. The number of hydrogen-bond donors (Lipinski definition) is 1. The average molecular weight is 453 g/mol. The first-order chi connectivity index (χ1) is 14.8. The van der Waals surface area contributed by atoms with Crippen molar-refractivity contribution in [3.63, 3.8) is 0 Å². The van der Waals surface area contributed by atoms with Gasteiger partial charge in [0.15, 0.2) is 5.69 Å². The molecule has 30 heavy (non-hydrogen) atoms. The van der Waals surface area contributed by atoms with Gasteiger partial charge in [0.25, 0.3) is 0 Å². The van der Waals surface area contributed by atoms with Crippen molar-refractivity contribution in [2.24, 2.45) is 0 Å². The number of nitrogens with one attached hydrogen (secondary N) is 1. The largest absolute Gasteiger partial charge is 0.351 e. The van der Waals surface area contributed by atoms with E-state index in [4.69, 9.17) is 0 Å². The van der Waals surface area contributed by atoms with E-state index in [2.05, 4.69) is 127 Å². The molecule has 0 aliphatic carbocycles. The van der Waals surface area contributed by atoms with Crippen molar-refractivity contribution in [3.05, 3.63) is 107 Å². The number of aromatic amines is 1. The van der Waals surface area contributed by atoms with Crippen LogP contribution in [0.1, 0.15) is 5.56 Å². The molecule has 0 aliphatic heterocycles. The van der Waals surface area contributed by atoms with Crippen molar-refractivity contribution in [1.29, 1.82) is 0 Å². The van der Waals surface area contributed by atoms with Crippen LogP contribution in [0.25, 0.3) is 38.6 Å². The Morgan fingerprint density at radius 1 is 0.800 bits per heavy atom. The summed E-state index contributed by atoms with van der Waals surface area (Å²) >= 11 is 3.58. The van der Waals surface area contributed by atoms with Gasteiger partial charge >= 0.3 is 0 Å². The highest BCUT2D eigenvalue weighted by molar-refractivity contribution is 9.10. The molecule has 0 aliphatic rings. The average Bonchev–Trinajstić information content (AvgIpc) is 3.33. The first-order valence-electron chi connectivity index (χ1n) is 10.0. The fourth-order valence-corrected chi connectivity index (χ4v) is 4.64. The van der Waals surface area contributed by atoms with E-state index in [0.717, 1.165) is 16.5 Å². The summed E-state index contributed by atoms with van der Waals surface area (Å²) in [4.78, 5) is 3.68. The van der Waals surface area contributed by atoms with Crippen molar-refractivity contribution >= 4 is 43.3 Å². The molecule has 144 valence electrons. The van der Waals surface area contributed by atoms with Gasteiger partial charge in [0, 0.05) is 26.3 Å². The van der Waals surface area contributed by atoms with E-state index < -0.39 is 0 Å². The number of benzene rings is 3. The van der Waals surface area contributed by atoms with Crippen LogP contribution in [-0.4, -0.2) is 9.38 Å². The van der Waals surface area contributed by atoms with Crippen molar-refractivity contribution in [2.75, 3.05) is 0 Å². The number of hydrogen-bond acceptors (Lipinski definition) is 0. The van der Waals surface area contributed by atoms with Gasteiger partial charge < -0.3 is 4.98 Å². The van der Waals surface area contributed by atoms with Crippen LogP contribution in [0.4, 0.5) is 0 Å². The predicted octanol–water partition coefficient (Wildman–Crippen LogP) is 6.34. The fraction of sp³-hybridized carbons (Fsp3) is 0.0385. The number of imidazole rings is 1. The zero-order valence-corrected chi connectivity index (χ0v) is 17.8. The van der Waals surface area contributed by atoms with E-state index in [1.807, 2.05) is 0 Å². The molecule has 3 aromatic carbocycles. The second-order valence-corrected chi connectivity index (χ2v) is 8.53. The van der Waals surface area contributed by atoms with Gasteiger partial charge in [-0.05, 0) is 42.0 Å². The molecule has 0 radical (unpaired) electrons. The molecule has 3 nitrogen and oxygen atoms in total. The maximum atomic E-state index is 3.68. The monoisotopic (exact) mass is 452 g/mol. The van der Waals surface area contributed by atoms with Gasteiger partial charge in [-0.25, -0.2) is 4.57 Å². The SMILES string of the molecule is Brc1ccc(-c2c3c4[nH]c5ccccc5c4ccn3c[n+]2Cc2ccccc2)cc1. The predicted molar refractivity (Wildman–Crippen MR) is 126 cm³/mol. The van der Waals surface area contributed by atoms with E-state index >= 15 is 0 Å². The van der Waals surface area contributed by atoms with Gasteiger partial charge in [-0.3, -0.25) is 0 Å².